The lowest BCUT2D eigenvalue weighted by Gasteiger charge is -2.38. The first-order valence-electron chi connectivity index (χ1n) is 8.49. The second-order valence-electron chi connectivity index (χ2n) is 6.58. The predicted octanol–water partition coefficient (Wildman–Crippen LogP) is 3.15. The molecule has 0 unspecified atom stereocenters. The molecule has 2 aliphatic rings. The summed E-state index contributed by atoms with van der Waals surface area (Å²) in [5.41, 5.74) is 1.35. The van der Waals surface area contributed by atoms with Crippen LogP contribution >= 0.6 is 0 Å². The molecule has 1 fully saturated rings. The van der Waals surface area contributed by atoms with E-state index >= 15 is 0 Å². The van der Waals surface area contributed by atoms with Gasteiger partial charge in [0.2, 0.25) is 6.79 Å². The van der Waals surface area contributed by atoms with Crippen molar-refractivity contribution in [3.05, 3.63) is 47.4 Å². The van der Waals surface area contributed by atoms with Crippen molar-refractivity contribution in [2.24, 2.45) is 0 Å². The molecule has 3 heterocycles. The number of fused-ring (bicyclic) bond motifs is 1. The first-order chi connectivity index (χ1) is 11.8. The highest BCUT2D eigenvalue weighted by molar-refractivity contribution is 5.47. The number of furan rings is 1. The molecular formula is C19H23NO4. The summed E-state index contributed by atoms with van der Waals surface area (Å²) in [6.07, 6.45) is 1.99. The van der Waals surface area contributed by atoms with E-state index in [0.29, 0.717) is 6.79 Å². The van der Waals surface area contributed by atoms with E-state index in [4.69, 9.17) is 18.6 Å². The molecule has 0 saturated carbocycles. The fraction of sp³-hybridized carbons (Fsp3) is 0.474. The maximum absolute atomic E-state index is 5.65. The number of hydrogen-bond donors (Lipinski definition) is 1. The van der Waals surface area contributed by atoms with Gasteiger partial charge in [0.1, 0.15) is 11.5 Å². The van der Waals surface area contributed by atoms with E-state index in [1.165, 1.54) is 5.56 Å². The molecule has 0 aliphatic carbocycles. The van der Waals surface area contributed by atoms with Crippen molar-refractivity contribution in [2.45, 2.75) is 31.7 Å². The zero-order valence-corrected chi connectivity index (χ0v) is 14.0. The average molecular weight is 329 g/mol. The van der Waals surface area contributed by atoms with Crippen molar-refractivity contribution in [3.8, 4) is 11.5 Å². The maximum Gasteiger partial charge on any atom is 0.231 e. The molecule has 0 atom stereocenters. The largest absolute Gasteiger partial charge is 0.465 e. The average Bonchev–Trinajstić information content (AvgIpc) is 3.24. The first kappa shape index (κ1) is 15.5. The molecule has 1 aromatic carbocycles. The topological polar surface area (TPSA) is 52.9 Å². The fourth-order valence-corrected chi connectivity index (χ4v) is 3.56. The molecule has 0 bridgehead atoms. The Kier molecular flexibility index (Phi) is 4.21. The van der Waals surface area contributed by atoms with Crippen LogP contribution < -0.4 is 14.8 Å². The number of aryl methyl sites for hydroxylation is 1. The van der Waals surface area contributed by atoms with Gasteiger partial charge >= 0.3 is 0 Å². The first-order valence-corrected chi connectivity index (χ1v) is 8.49. The minimum atomic E-state index is 0.0564. The van der Waals surface area contributed by atoms with Crippen LogP contribution in [0.15, 0.2) is 34.7 Å². The third kappa shape index (κ3) is 3.01. The van der Waals surface area contributed by atoms with Gasteiger partial charge in [-0.3, -0.25) is 0 Å². The van der Waals surface area contributed by atoms with Crippen molar-refractivity contribution in [1.29, 1.82) is 0 Å². The highest BCUT2D eigenvalue weighted by atomic mass is 16.7. The van der Waals surface area contributed by atoms with Crippen LogP contribution in [0.2, 0.25) is 0 Å². The number of hydrogen-bond acceptors (Lipinski definition) is 5. The van der Waals surface area contributed by atoms with Crippen LogP contribution in [-0.4, -0.2) is 26.6 Å². The Bertz CT molecular complexity index is 703. The smallest absolute Gasteiger partial charge is 0.231 e. The predicted molar refractivity (Wildman–Crippen MR) is 89.4 cm³/mol. The van der Waals surface area contributed by atoms with Gasteiger partial charge in [0.25, 0.3) is 0 Å². The molecule has 1 saturated heterocycles. The van der Waals surface area contributed by atoms with E-state index in [9.17, 15) is 0 Å². The monoisotopic (exact) mass is 329 g/mol. The molecule has 1 N–H and O–H groups in total. The van der Waals surface area contributed by atoms with E-state index in [2.05, 4.69) is 17.4 Å². The summed E-state index contributed by atoms with van der Waals surface area (Å²) in [5, 5.41) is 3.57. The van der Waals surface area contributed by atoms with Crippen LogP contribution in [0.1, 0.15) is 29.9 Å². The molecule has 0 spiro atoms. The summed E-state index contributed by atoms with van der Waals surface area (Å²) >= 11 is 0. The van der Waals surface area contributed by atoms with E-state index in [1.54, 1.807) is 0 Å². The fourth-order valence-electron chi connectivity index (χ4n) is 3.56. The molecule has 1 aromatic heterocycles. The molecule has 2 aromatic rings. The van der Waals surface area contributed by atoms with Gasteiger partial charge in [-0.25, -0.2) is 0 Å². The minimum absolute atomic E-state index is 0.0564. The van der Waals surface area contributed by atoms with Crippen molar-refractivity contribution in [2.75, 3.05) is 26.6 Å². The van der Waals surface area contributed by atoms with Crippen LogP contribution in [0.5, 0.6) is 11.5 Å². The van der Waals surface area contributed by atoms with Crippen LogP contribution in [0.3, 0.4) is 0 Å². The van der Waals surface area contributed by atoms with E-state index < -0.39 is 0 Å². The van der Waals surface area contributed by atoms with Gasteiger partial charge in [-0.15, -0.1) is 0 Å². The third-order valence-electron chi connectivity index (χ3n) is 4.99. The maximum atomic E-state index is 5.65. The van der Waals surface area contributed by atoms with Crippen LogP contribution in [0.25, 0.3) is 0 Å². The molecular weight excluding hydrogens is 306 g/mol. The highest BCUT2D eigenvalue weighted by Crippen LogP contribution is 2.40. The summed E-state index contributed by atoms with van der Waals surface area (Å²) in [6, 6.07) is 10.3. The summed E-state index contributed by atoms with van der Waals surface area (Å²) in [6.45, 7) is 5.48. The number of nitrogens with one attached hydrogen (secondary N) is 1. The SMILES string of the molecule is Cc1ccc(CNCC2(c3ccc4c(c3)OCO4)CCOCC2)o1. The molecule has 5 heteroatoms. The Labute approximate surface area is 141 Å². The van der Waals surface area contributed by atoms with Crippen LogP contribution in [0.4, 0.5) is 0 Å². The number of benzene rings is 1. The molecule has 0 radical (unpaired) electrons. The van der Waals surface area contributed by atoms with Gasteiger partial charge in [-0.05, 0) is 49.6 Å². The van der Waals surface area contributed by atoms with Crippen molar-refractivity contribution >= 4 is 0 Å². The van der Waals surface area contributed by atoms with Gasteiger partial charge in [-0.1, -0.05) is 6.07 Å². The summed E-state index contributed by atoms with van der Waals surface area (Å²) in [4.78, 5) is 0. The van der Waals surface area contributed by atoms with E-state index in [-0.39, 0.29) is 5.41 Å². The van der Waals surface area contributed by atoms with Gasteiger partial charge in [0.15, 0.2) is 11.5 Å². The van der Waals surface area contributed by atoms with Gasteiger partial charge < -0.3 is 23.9 Å². The zero-order valence-electron chi connectivity index (χ0n) is 14.0. The Morgan fingerprint density at radius 3 is 2.67 bits per heavy atom. The Morgan fingerprint density at radius 1 is 1.04 bits per heavy atom. The Balaban J connectivity index is 1.51. The van der Waals surface area contributed by atoms with Crippen LogP contribution in [0, 0.1) is 6.92 Å². The Hall–Kier alpha value is -1.98. The lowest BCUT2D eigenvalue weighted by molar-refractivity contribution is 0.0495. The zero-order chi connectivity index (χ0) is 16.4. The molecule has 2 aliphatic heterocycles. The van der Waals surface area contributed by atoms with E-state index in [1.807, 2.05) is 25.1 Å². The number of ether oxygens (including phenoxy) is 3. The second kappa shape index (κ2) is 6.49. The van der Waals surface area contributed by atoms with Gasteiger partial charge in [0, 0.05) is 25.2 Å². The molecule has 128 valence electrons. The molecule has 4 rings (SSSR count). The summed E-state index contributed by atoms with van der Waals surface area (Å²) in [7, 11) is 0. The Morgan fingerprint density at radius 2 is 1.88 bits per heavy atom. The number of rotatable bonds is 5. The molecule has 24 heavy (non-hydrogen) atoms. The lowest BCUT2D eigenvalue weighted by atomic mass is 9.74. The van der Waals surface area contributed by atoms with Crippen molar-refractivity contribution in [3.63, 3.8) is 0 Å². The summed E-state index contributed by atoms with van der Waals surface area (Å²) < 4.78 is 22.3. The second-order valence-corrected chi connectivity index (χ2v) is 6.58. The third-order valence-corrected chi connectivity index (χ3v) is 4.99. The lowest BCUT2D eigenvalue weighted by Crippen LogP contribution is -2.42. The normalized spacial score (nSPS) is 18.7. The van der Waals surface area contributed by atoms with Crippen LogP contribution in [-0.2, 0) is 16.7 Å². The standard InChI is InChI=1S/C19H23NO4/c1-14-2-4-16(24-14)11-20-12-19(6-8-21-9-7-19)15-3-5-17-18(10-15)23-13-22-17/h2-5,10,20H,6-9,11-13H2,1H3. The van der Waals surface area contributed by atoms with E-state index in [0.717, 1.165) is 62.2 Å². The van der Waals surface area contributed by atoms with Gasteiger partial charge in [0.05, 0.1) is 6.54 Å². The molecule has 0 amide bonds. The van der Waals surface area contributed by atoms with Crippen molar-refractivity contribution in [1.82, 2.24) is 5.32 Å². The van der Waals surface area contributed by atoms with Crippen molar-refractivity contribution < 1.29 is 18.6 Å². The quantitative estimate of drug-likeness (QED) is 0.913. The highest BCUT2D eigenvalue weighted by Gasteiger charge is 2.35. The summed E-state index contributed by atoms with van der Waals surface area (Å²) in [5.74, 6) is 3.60. The minimum Gasteiger partial charge on any atom is -0.465 e. The molecule has 5 nitrogen and oxygen atoms in total. The van der Waals surface area contributed by atoms with Gasteiger partial charge in [-0.2, -0.15) is 0 Å².